The molecule has 0 bridgehead atoms. The first-order chi connectivity index (χ1) is 8.75. The molecule has 4 heteroatoms. The van der Waals surface area contributed by atoms with E-state index in [1.807, 2.05) is 11.8 Å². The second-order valence-corrected chi connectivity index (χ2v) is 6.05. The Morgan fingerprint density at radius 1 is 1.28 bits per heavy atom. The van der Waals surface area contributed by atoms with E-state index in [9.17, 15) is 10.1 Å². The Balaban J connectivity index is 2.24. The van der Waals surface area contributed by atoms with Gasteiger partial charge in [-0.2, -0.15) is 17.0 Å². The third-order valence-electron chi connectivity index (χ3n) is 3.67. The van der Waals surface area contributed by atoms with Gasteiger partial charge < -0.3 is 5.32 Å². The normalized spacial score (nSPS) is 18.0. The van der Waals surface area contributed by atoms with Gasteiger partial charge in [-0.1, -0.05) is 25.7 Å². The van der Waals surface area contributed by atoms with Gasteiger partial charge >= 0.3 is 0 Å². The summed E-state index contributed by atoms with van der Waals surface area (Å²) in [4.78, 5) is 12.1. The molecule has 0 aromatic heterocycles. The Kier molecular flexibility index (Phi) is 7.19. The molecule has 1 rings (SSSR count). The number of nitrogens with one attached hydrogen (secondary N) is 1. The number of rotatable bonds is 7. The van der Waals surface area contributed by atoms with Crippen LogP contribution in [0.2, 0.25) is 0 Å². The van der Waals surface area contributed by atoms with Crippen molar-refractivity contribution in [2.75, 3.05) is 18.6 Å². The van der Waals surface area contributed by atoms with Crippen molar-refractivity contribution in [2.24, 2.45) is 5.41 Å². The second-order valence-electron chi connectivity index (χ2n) is 5.06. The molecule has 1 aliphatic carbocycles. The Morgan fingerprint density at radius 2 is 2.00 bits per heavy atom. The molecule has 0 radical (unpaired) electrons. The number of carbonyl (C=O) groups excluding carboxylic acids is 1. The van der Waals surface area contributed by atoms with E-state index < -0.39 is 5.41 Å². The number of thioether (sulfide) groups is 1. The maximum absolute atomic E-state index is 12.1. The van der Waals surface area contributed by atoms with E-state index >= 15 is 0 Å². The van der Waals surface area contributed by atoms with Gasteiger partial charge in [-0.3, -0.25) is 4.79 Å². The Hall–Kier alpha value is -0.690. The first-order valence-corrected chi connectivity index (χ1v) is 8.33. The topological polar surface area (TPSA) is 52.9 Å². The standard InChI is InChI=1S/C14H24N2OS/c1-18-11-7-3-6-10-16-13(17)14(12-15)8-4-2-5-9-14/h2-11H2,1H3,(H,16,17). The Morgan fingerprint density at radius 3 is 2.61 bits per heavy atom. The smallest absolute Gasteiger partial charge is 0.240 e. The highest BCUT2D eigenvalue weighted by Gasteiger charge is 2.39. The van der Waals surface area contributed by atoms with E-state index in [2.05, 4.69) is 17.6 Å². The number of amides is 1. The molecule has 0 unspecified atom stereocenters. The maximum Gasteiger partial charge on any atom is 0.240 e. The molecule has 0 aromatic rings. The molecule has 0 aliphatic heterocycles. The Bertz CT molecular complexity index is 293. The minimum Gasteiger partial charge on any atom is -0.355 e. The van der Waals surface area contributed by atoms with Crippen molar-refractivity contribution in [3.63, 3.8) is 0 Å². The molecule has 0 aromatic carbocycles. The van der Waals surface area contributed by atoms with Gasteiger partial charge in [0.25, 0.3) is 0 Å². The van der Waals surface area contributed by atoms with Crippen molar-refractivity contribution >= 4 is 17.7 Å². The lowest BCUT2D eigenvalue weighted by molar-refractivity contribution is -0.129. The number of unbranched alkanes of at least 4 members (excludes halogenated alkanes) is 2. The summed E-state index contributed by atoms with van der Waals surface area (Å²) < 4.78 is 0. The van der Waals surface area contributed by atoms with E-state index in [0.29, 0.717) is 0 Å². The molecule has 1 amide bonds. The fourth-order valence-electron chi connectivity index (χ4n) is 2.46. The van der Waals surface area contributed by atoms with Gasteiger partial charge in [-0.05, 0) is 37.7 Å². The van der Waals surface area contributed by atoms with Crippen LogP contribution in [0.1, 0.15) is 51.4 Å². The molecule has 3 nitrogen and oxygen atoms in total. The van der Waals surface area contributed by atoms with Crippen LogP contribution in [0, 0.1) is 16.7 Å². The van der Waals surface area contributed by atoms with E-state index in [1.165, 1.54) is 12.2 Å². The summed E-state index contributed by atoms with van der Waals surface area (Å²) in [5, 5.41) is 12.2. The number of hydrogen-bond acceptors (Lipinski definition) is 3. The quantitative estimate of drug-likeness (QED) is 0.722. The van der Waals surface area contributed by atoms with Crippen LogP contribution < -0.4 is 5.32 Å². The lowest BCUT2D eigenvalue weighted by Crippen LogP contribution is -2.41. The zero-order chi connectivity index (χ0) is 13.3. The van der Waals surface area contributed by atoms with Gasteiger partial charge in [-0.25, -0.2) is 0 Å². The molecule has 1 aliphatic rings. The highest BCUT2D eigenvalue weighted by atomic mass is 32.2. The zero-order valence-electron chi connectivity index (χ0n) is 11.3. The molecule has 0 heterocycles. The van der Waals surface area contributed by atoms with Gasteiger partial charge in [0.15, 0.2) is 0 Å². The van der Waals surface area contributed by atoms with E-state index in [0.717, 1.165) is 51.5 Å². The molecule has 1 fully saturated rings. The predicted octanol–water partition coefficient (Wildman–Crippen LogP) is 3.11. The van der Waals surface area contributed by atoms with Crippen LogP contribution in [-0.4, -0.2) is 24.5 Å². The summed E-state index contributed by atoms with van der Waals surface area (Å²) in [6.07, 6.45) is 10.1. The van der Waals surface area contributed by atoms with Crippen molar-refractivity contribution in [3.8, 4) is 6.07 Å². The molecular formula is C14H24N2OS. The summed E-state index contributed by atoms with van der Waals surface area (Å²) in [5.74, 6) is 1.16. The lowest BCUT2D eigenvalue weighted by Gasteiger charge is -2.29. The molecule has 1 saturated carbocycles. The highest BCUT2D eigenvalue weighted by molar-refractivity contribution is 7.98. The molecule has 18 heavy (non-hydrogen) atoms. The minimum absolute atomic E-state index is 0.0328. The van der Waals surface area contributed by atoms with Gasteiger partial charge in [0.05, 0.1) is 6.07 Å². The van der Waals surface area contributed by atoms with Crippen LogP contribution >= 0.6 is 11.8 Å². The van der Waals surface area contributed by atoms with E-state index in [1.54, 1.807) is 0 Å². The maximum atomic E-state index is 12.1. The minimum atomic E-state index is -0.725. The number of nitrogens with zero attached hydrogens (tertiary/aromatic N) is 1. The second kappa shape index (κ2) is 8.42. The van der Waals surface area contributed by atoms with Gasteiger partial charge in [0.1, 0.15) is 5.41 Å². The highest BCUT2D eigenvalue weighted by Crippen LogP contribution is 2.35. The molecule has 0 saturated heterocycles. The zero-order valence-corrected chi connectivity index (χ0v) is 12.2. The van der Waals surface area contributed by atoms with Crippen molar-refractivity contribution in [1.82, 2.24) is 5.32 Å². The Labute approximate surface area is 115 Å². The third kappa shape index (κ3) is 4.53. The monoisotopic (exact) mass is 268 g/mol. The van der Waals surface area contributed by atoms with Crippen molar-refractivity contribution in [1.29, 1.82) is 5.26 Å². The molecular weight excluding hydrogens is 244 g/mol. The fraction of sp³-hybridized carbons (Fsp3) is 0.857. The van der Waals surface area contributed by atoms with Crippen LogP contribution in [-0.2, 0) is 4.79 Å². The van der Waals surface area contributed by atoms with Crippen molar-refractivity contribution in [2.45, 2.75) is 51.4 Å². The summed E-state index contributed by atoms with van der Waals surface area (Å²) >= 11 is 1.86. The molecule has 0 spiro atoms. The lowest BCUT2D eigenvalue weighted by atomic mass is 9.74. The molecule has 0 atom stereocenters. The summed E-state index contributed by atoms with van der Waals surface area (Å²) in [5.41, 5.74) is -0.725. The van der Waals surface area contributed by atoms with Crippen LogP contribution in [0.4, 0.5) is 0 Å². The number of hydrogen-bond donors (Lipinski definition) is 1. The van der Waals surface area contributed by atoms with E-state index in [-0.39, 0.29) is 5.91 Å². The SMILES string of the molecule is CSCCCCCNC(=O)C1(C#N)CCCCC1. The first kappa shape index (κ1) is 15.4. The fourth-order valence-corrected chi connectivity index (χ4v) is 2.96. The molecule has 1 N–H and O–H groups in total. The van der Waals surface area contributed by atoms with Crippen LogP contribution in [0.15, 0.2) is 0 Å². The number of nitriles is 1. The van der Waals surface area contributed by atoms with Gasteiger partial charge in [0.2, 0.25) is 5.91 Å². The average Bonchev–Trinajstić information content (AvgIpc) is 2.43. The van der Waals surface area contributed by atoms with E-state index in [4.69, 9.17) is 0 Å². The predicted molar refractivity (Wildman–Crippen MR) is 76.4 cm³/mol. The van der Waals surface area contributed by atoms with Crippen molar-refractivity contribution in [3.05, 3.63) is 0 Å². The largest absolute Gasteiger partial charge is 0.355 e. The van der Waals surface area contributed by atoms with Crippen LogP contribution in [0.3, 0.4) is 0 Å². The average molecular weight is 268 g/mol. The van der Waals surface area contributed by atoms with Crippen molar-refractivity contribution < 1.29 is 4.79 Å². The van der Waals surface area contributed by atoms with Crippen LogP contribution in [0.5, 0.6) is 0 Å². The van der Waals surface area contributed by atoms with Gasteiger partial charge in [-0.15, -0.1) is 0 Å². The third-order valence-corrected chi connectivity index (χ3v) is 4.36. The summed E-state index contributed by atoms with van der Waals surface area (Å²) in [6.45, 7) is 0.719. The molecule has 102 valence electrons. The van der Waals surface area contributed by atoms with Crippen LogP contribution in [0.25, 0.3) is 0 Å². The number of carbonyl (C=O) groups is 1. The summed E-state index contributed by atoms with van der Waals surface area (Å²) in [6, 6.07) is 2.26. The summed E-state index contributed by atoms with van der Waals surface area (Å²) in [7, 11) is 0. The first-order valence-electron chi connectivity index (χ1n) is 6.94. The van der Waals surface area contributed by atoms with Gasteiger partial charge in [0, 0.05) is 6.54 Å².